The molecule has 2 N–H and O–H groups in total. The van der Waals surface area contributed by atoms with Gasteiger partial charge in [-0.15, -0.1) is 11.8 Å². The SMILES string of the molecule is CCOc1ccccc1[C@@H]1S[C@H](C)C(=O)Nc2n[nH]c(C)c21. The standard InChI is InChI=1S/C16H19N3O2S/c1-4-21-12-8-6-5-7-11(12)14-13-9(2)18-19-15(13)17-16(20)10(3)22-14/h5-8,10,14H,4H2,1-3H3,(H2,17,18,19,20)/t10-,14+/m1/s1. The van der Waals surface area contributed by atoms with Crippen LogP contribution in [0.15, 0.2) is 24.3 Å². The summed E-state index contributed by atoms with van der Waals surface area (Å²) in [6.07, 6.45) is 0. The van der Waals surface area contributed by atoms with Crippen LogP contribution in [0.4, 0.5) is 5.82 Å². The number of aromatic nitrogens is 2. The zero-order valence-electron chi connectivity index (χ0n) is 12.8. The van der Waals surface area contributed by atoms with Crippen LogP contribution in [0.1, 0.15) is 35.9 Å². The van der Waals surface area contributed by atoms with E-state index in [4.69, 9.17) is 4.74 Å². The first-order valence-electron chi connectivity index (χ1n) is 7.34. The molecule has 22 heavy (non-hydrogen) atoms. The summed E-state index contributed by atoms with van der Waals surface area (Å²) in [4.78, 5) is 12.2. The molecule has 116 valence electrons. The average molecular weight is 317 g/mol. The highest BCUT2D eigenvalue weighted by molar-refractivity contribution is 8.01. The summed E-state index contributed by atoms with van der Waals surface area (Å²) in [6, 6.07) is 7.99. The van der Waals surface area contributed by atoms with Crippen LogP contribution in [0.2, 0.25) is 0 Å². The van der Waals surface area contributed by atoms with Gasteiger partial charge < -0.3 is 10.1 Å². The van der Waals surface area contributed by atoms with Crippen LogP contribution in [0, 0.1) is 6.92 Å². The van der Waals surface area contributed by atoms with Crippen molar-refractivity contribution in [2.75, 3.05) is 11.9 Å². The van der Waals surface area contributed by atoms with E-state index in [0.29, 0.717) is 12.4 Å². The first-order chi connectivity index (χ1) is 10.6. The number of hydrogen-bond donors (Lipinski definition) is 2. The fourth-order valence-electron chi connectivity index (χ4n) is 2.62. The number of carbonyl (C=O) groups is 1. The number of rotatable bonds is 3. The predicted molar refractivity (Wildman–Crippen MR) is 88.5 cm³/mol. The molecule has 0 saturated heterocycles. The van der Waals surface area contributed by atoms with Crippen molar-refractivity contribution in [3.05, 3.63) is 41.1 Å². The second-order valence-electron chi connectivity index (χ2n) is 5.23. The number of fused-ring (bicyclic) bond motifs is 1. The fourth-order valence-corrected chi connectivity index (χ4v) is 3.98. The highest BCUT2D eigenvalue weighted by Gasteiger charge is 2.33. The lowest BCUT2D eigenvalue weighted by Crippen LogP contribution is -2.21. The lowest BCUT2D eigenvalue weighted by Gasteiger charge is -2.20. The molecule has 5 nitrogen and oxygen atoms in total. The molecule has 0 fully saturated rings. The van der Waals surface area contributed by atoms with Crippen molar-refractivity contribution in [2.45, 2.75) is 31.3 Å². The monoisotopic (exact) mass is 317 g/mol. The zero-order chi connectivity index (χ0) is 15.7. The molecule has 6 heteroatoms. The van der Waals surface area contributed by atoms with Crippen LogP contribution in [-0.2, 0) is 4.79 Å². The first-order valence-corrected chi connectivity index (χ1v) is 8.29. The minimum atomic E-state index is -0.159. The largest absolute Gasteiger partial charge is 0.494 e. The highest BCUT2D eigenvalue weighted by atomic mass is 32.2. The number of amides is 1. The second-order valence-corrected chi connectivity index (χ2v) is 6.68. The predicted octanol–water partition coefficient (Wildman–Crippen LogP) is 3.28. The van der Waals surface area contributed by atoms with Gasteiger partial charge in [0.15, 0.2) is 5.82 Å². The number of carbonyl (C=O) groups excluding carboxylic acids is 1. The number of nitrogens with zero attached hydrogens (tertiary/aromatic N) is 1. The van der Waals surface area contributed by atoms with E-state index < -0.39 is 0 Å². The molecule has 1 aliphatic rings. The van der Waals surface area contributed by atoms with Gasteiger partial charge in [0.25, 0.3) is 0 Å². The van der Waals surface area contributed by atoms with Crippen LogP contribution in [0.3, 0.4) is 0 Å². The molecule has 1 aromatic heterocycles. The Balaban J connectivity index is 2.12. The summed E-state index contributed by atoms with van der Waals surface area (Å²) in [6.45, 7) is 6.48. The van der Waals surface area contributed by atoms with Crippen molar-refractivity contribution < 1.29 is 9.53 Å². The van der Waals surface area contributed by atoms with Gasteiger partial charge in [0.1, 0.15) is 5.75 Å². The van der Waals surface area contributed by atoms with Gasteiger partial charge in [-0.1, -0.05) is 18.2 Å². The number of ether oxygens (including phenoxy) is 1. The Kier molecular flexibility index (Phi) is 4.11. The molecular weight excluding hydrogens is 298 g/mol. The first kappa shape index (κ1) is 15.0. The number of benzene rings is 1. The van der Waals surface area contributed by atoms with Crippen molar-refractivity contribution in [1.29, 1.82) is 0 Å². The summed E-state index contributed by atoms with van der Waals surface area (Å²) in [7, 11) is 0. The number of anilines is 1. The molecule has 1 aromatic carbocycles. The lowest BCUT2D eigenvalue weighted by atomic mass is 10.0. The van der Waals surface area contributed by atoms with Crippen LogP contribution in [0.25, 0.3) is 0 Å². The van der Waals surface area contributed by atoms with Gasteiger partial charge in [-0.3, -0.25) is 9.89 Å². The minimum absolute atomic E-state index is 0.00505. The third-order valence-electron chi connectivity index (χ3n) is 3.71. The molecule has 0 saturated carbocycles. The van der Waals surface area contributed by atoms with Crippen molar-refractivity contribution in [2.24, 2.45) is 0 Å². The van der Waals surface area contributed by atoms with E-state index in [-0.39, 0.29) is 16.4 Å². The summed E-state index contributed by atoms with van der Waals surface area (Å²) in [5, 5.41) is 9.96. The molecule has 0 radical (unpaired) electrons. The topological polar surface area (TPSA) is 67.0 Å². The molecule has 0 aliphatic carbocycles. The maximum atomic E-state index is 12.2. The lowest BCUT2D eigenvalue weighted by molar-refractivity contribution is -0.115. The Morgan fingerprint density at radius 3 is 2.91 bits per heavy atom. The zero-order valence-corrected chi connectivity index (χ0v) is 13.7. The molecule has 2 atom stereocenters. The number of nitrogens with one attached hydrogen (secondary N) is 2. The summed E-state index contributed by atoms with van der Waals surface area (Å²) in [5.41, 5.74) is 3.06. The number of thioether (sulfide) groups is 1. The number of aromatic amines is 1. The Labute approximate surface area is 133 Å². The van der Waals surface area contributed by atoms with Crippen LogP contribution in [-0.4, -0.2) is 28.0 Å². The fraction of sp³-hybridized carbons (Fsp3) is 0.375. The van der Waals surface area contributed by atoms with Crippen LogP contribution < -0.4 is 10.1 Å². The van der Waals surface area contributed by atoms with Gasteiger partial charge >= 0.3 is 0 Å². The van der Waals surface area contributed by atoms with Gasteiger partial charge in [0.05, 0.1) is 17.1 Å². The second kappa shape index (κ2) is 6.04. The smallest absolute Gasteiger partial charge is 0.238 e. The van der Waals surface area contributed by atoms with Crippen LogP contribution >= 0.6 is 11.8 Å². The van der Waals surface area contributed by atoms with E-state index >= 15 is 0 Å². The quantitative estimate of drug-likeness (QED) is 0.911. The molecule has 0 bridgehead atoms. The maximum absolute atomic E-state index is 12.2. The van der Waals surface area contributed by atoms with Crippen molar-refractivity contribution in [3.8, 4) is 5.75 Å². The van der Waals surface area contributed by atoms with Gasteiger partial charge in [-0.2, -0.15) is 5.10 Å². The van der Waals surface area contributed by atoms with E-state index in [1.165, 1.54) is 0 Å². The van der Waals surface area contributed by atoms with Gasteiger partial charge in [0, 0.05) is 16.8 Å². The molecule has 0 spiro atoms. The van der Waals surface area contributed by atoms with Gasteiger partial charge in [-0.05, 0) is 26.8 Å². The van der Waals surface area contributed by atoms with E-state index in [9.17, 15) is 4.79 Å². The van der Waals surface area contributed by atoms with E-state index in [1.54, 1.807) is 11.8 Å². The Bertz CT molecular complexity index is 698. The van der Waals surface area contributed by atoms with Gasteiger partial charge in [0.2, 0.25) is 5.91 Å². The molecule has 2 heterocycles. The number of aryl methyl sites for hydroxylation is 1. The Morgan fingerprint density at radius 1 is 1.36 bits per heavy atom. The molecule has 0 unspecified atom stereocenters. The summed E-state index contributed by atoms with van der Waals surface area (Å²) in [5.74, 6) is 1.46. The Morgan fingerprint density at radius 2 is 2.14 bits per heavy atom. The molecule has 2 aromatic rings. The summed E-state index contributed by atoms with van der Waals surface area (Å²) < 4.78 is 5.78. The maximum Gasteiger partial charge on any atom is 0.238 e. The summed E-state index contributed by atoms with van der Waals surface area (Å²) >= 11 is 1.62. The molecule has 1 amide bonds. The number of hydrogen-bond acceptors (Lipinski definition) is 4. The molecular formula is C16H19N3O2S. The molecule has 1 aliphatic heterocycles. The van der Waals surface area contributed by atoms with E-state index in [2.05, 4.69) is 21.6 Å². The van der Waals surface area contributed by atoms with Crippen molar-refractivity contribution in [1.82, 2.24) is 10.2 Å². The number of H-pyrrole nitrogens is 1. The Hall–Kier alpha value is -1.95. The average Bonchev–Trinajstić information content (AvgIpc) is 2.80. The number of para-hydroxylation sites is 1. The van der Waals surface area contributed by atoms with Crippen LogP contribution in [0.5, 0.6) is 5.75 Å². The van der Waals surface area contributed by atoms with Crippen molar-refractivity contribution in [3.63, 3.8) is 0 Å². The highest BCUT2D eigenvalue weighted by Crippen LogP contribution is 2.47. The normalized spacial score (nSPS) is 21.0. The third kappa shape index (κ3) is 2.59. The van der Waals surface area contributed by atoms with Gasteiger partial charge in [-0.25, -0.2) is 0 Å². The van der Waals surface area contributed by atoms with E-state index in [1.807, 2.05) is 39.0 Å². The third-order valence-corrected chi connectivity index (χ3v) is 5.09. The minimum Gasteiger partial charge on any atom is -0.494 e. The van der Waals surface area contributed by atoms with Crippen molar-refractivity contribution >= 4 is 23.5 Å². The molecule has 3 rings (SSSR count). The van der Waals surface area contributed by atoms with E-state index in [0.717, 1.165) is 22.6 Å².